The lowest BCUT2D eigenvalue weighted by Gasteiger charge is -2.12. The number of carbonyl (C=O) groups is 1. The van der Waals surface area contributed by atoms with Gasteiger partial charge in [0.1, 0.15) is 12.4 Å². The van der Waals surface area contributed by atoms with Crippen molar-refractivity contribution in [2.45, 2.75) is 45.3 Å². The van der Waals surface area contributed by atoms with E-state index in [0.717, 1.165) is 34.7 Å². The summed E-state index contributed by atoms with van der Waals surface area (Å²) in [5.74, 6) is 0.644. The summed E-state index contributed by atoms with van der Waals surface area (Å²) < 4.78 is 8.04. The number of aromatic nitrogens is 2. The molecule has 1 aliphatic rings. The first-order valence-electron chi connectivity index (χ1n) is 10.1. The molecule has 3 aromatic rings. The first kappa shape index (κ1) is 19.2. The topological polar surface area (TPSA) is 64.3 Å². The molecule has 1 aliphatic carbocycles. The van der Waals surface area contributed by atoms with Crippen LogP contribution < -0.4 is 4.74 Å². The zero-order valence-electron chi connectivity index (χ0n) is 16.6. The molecule has 5 nitrogen and oxygen atoms in total. The molecule has 1 aromatic heterocycles. The van der Waals surface area contributed by atoms with Gasteiger partial charge < -0.3 is 9.84 Å². The summed E-state index contributed by atoms with van der Waals surface area (Å²) in [5.41, 5.74) is 3.26. The van der Waals surface area contributed by atoms with Crippen molar-refractivity contribution in [3.63, 3.8) is 0 Å². The van der Waals surface area contributed by atoms with E-state index in [4.69, 9.17) is 9.84 Å². The van der Waals surface area contributed by atoms with Gasteiger partial charge in [0.05, 0.1) is 18.1 Å². The Morgan fingerprint density at radius 2 is 2.07 bits per heavy atom. The first-order chi connectivity index (χ1) is 14.1. The molecule has 1 fully saturated rings. The van der Waals surface area contributed by atoms with E-state index in [-0.39, 0.29) is 12.3 Å². The lowest BCUT2D eigenvalue weighted by molar-refractivity contribution is -0.137. The third kappa shape index (κ3) is 4.86. The van der Waals surface area contributed by atoms with E-state index in [9.17, 15) is 4.79 Å². The lowest BCUT2D eigenvalue weighted by Crippen LogP contribution is -2.04. The molecule has 1 heterocycles. The highest BCUT2D eigenvalue weighted by atomic mass is 16.5. The molecule has 0 radical (unpaired) electrons. The van der Waals surface area contributed by atoms with E-state index in [1.54, 1.807) is 0 Å². The fraction of sp³-hybridized carbons (Fsp3) is 0.333. The maximum Gasteiger partial charge on any atom is 0.304 e. The van der Waals surface area contributed by atoms with E-state index in [1.165, 1.54) is 18.4 Å². The molecule has 0 saturated heterocycles. The van der Waals surface area contributed by atoms with Gasteiger partial charge >= 0.3 is 5.97 Å². The Balaban J connectivity index is 1.40. The Morgan fingerprint density at radius 1 is 1.28 bits per heavy atom. The minimum Gasteiger partial charge on any atom is -0.489 e. The van der Waals surface area contributed by atoms with Crippen LogP contribution in [0.2, 0.25) is 0 Å². The van der Waals surface area contributed by atoms with Crippen LogP contribution in [0.4, 0.5) is 0 Å². The highest BCUT2D eigenvalue weighted by Gasteiger charge is 2.22. The smallest absolute Gasteiger partial charge is 0.304 e. The number of fused-ring (bicyclic) bond motifs is 1. The van der Waals surface area contributed by atoms with E-state index in [1.807, 2.05) is 49.5 Å². The van der Waals surface area contributed by atoms with Crippen LogP contribution in [0.5, 0.6) is 5.75 Å². The molecule has 150 valence electrons. The lowest BCUT2D eigenvalue weighted by atomic mass is 9.95. The molecule has 5 heteroatoms. The number of benzene rings is 2. The monoisotopic (exact) mass is 390 g/mol. The zero-order valence-corrected chi connectivity index (χ0v) is 16.6. The number of carboxylic acid groups (broad SMARTS) is 1. The number of carboxylic acids is 1. The molecule has 0 aliphatic heterocycles. The number of aliphatic carboxylic acids is 1. The van der Waals surface area contributed by atoms with Gasteiger partial charge in [-0.2, -0.15) is 5.10 Å². The number of hydrogen-bond donors (Lipinski definition) is 1. The van der Waals surface area contributed by atoms with Crippen molar-refractivity contribution >= 4 is 16.9 Å². The fourth-order valence-corrected chi connectivity index (χ4v) is 3.61. The van der Waals surface area contributed by atoms with Crippen molar-refractivity contribution in [2.75, 3.05) is 0 Å². The van der Waals surface area contributed by atoms with Crippen LogP contribution in [0.15, 0.2) is 60.8 Å². The molecule has 1 saturated carbocycles. The van der Waals surface area contributed by atoms with Crippen LogP contribution in [0.25, 0.3) is 10.9 Å². The van der Waals surface area contributed by atoms with E-state index < -0.39 is 5.97 Å². The molecular weight excluding hydrogens is 364 g/mol. The Labute approximate surface area is 170 Å². The average molecular weight is 390 g/mol. The molecule has 0 bridgehead atoms. The highest BCUT2D eigenvalue weighted by molar-refractivity contribution is 5.79. The number of rotatable bonds is 9. The van der Waals surface area contributed by atoms with E-state index >= 15 is 0 Å². The molecular formula is C24H26N2O3. The maximum absolute atomic E-state index is 11.1. The fourth-order valence-electron chi connectivity index (χ4n) is 3.61. The minimum atomic E-state index is -0.802. The van der Waals surface area contributed by atoms with E-state index in [2.05, 4.69) is 28.0 Å². The maximum atomic E-state index is 11.1. The molecule has 2 aromatic carbocycles. The van der Waals surface area contributed by atoms with Crippen molar-refractivity contribution in [1.29, 1.82) is 0 Å². The first-order valence-corrected chi connectivity index (χ1v) is 10.1. The summed E-state index contributed by atoms with van der Waals surface area (Å²) in [4.78, 5) is 11.1. The van der Waals surface area contributed by atoms with Gasteiger partial charge in [0.25, 0.3) is 0 Å². The van der Waals surface area contributed by atoms with Gasteiger partial charge in [0, 0.05) is 17.8 Å². The van der Waals surface area contributed by atoms with Gasteiger partial charge in [-0.3, -0.25) is 9.48 Å². The number of nitrogens with zero attached hydrogens (tertiary/aromatic N) is 2. The van der Waals surface area contributed by atoms with Crippen molar-refractivity contribution < 1.29 is 14.6 Å². The average Bonchev–Trinajstić information content (AvgIpc) is 3.45. The number of ether oxygens (including phenoxy) is 1. The third-order valence-electron chi connectivity index (χ3n) is 5.37. The molecule has 0 spiro atoms. The van der Waals surface area contributed by atoms with Crippen LogP contribution in [-0.4, -0.2) is 20.9 Å². The van der Waals surface area contributed by atoms with Crippen molar-refractivity contribution in [1.82, 2.24) is 9.78 Å². The van der Waals surface area contributed by atoms with Crippen molar-refractivity contribution in [2.24, 2.45) is 5.92 Å². The Kier molecular flexibility index (Phi) is 5.65. The summed E-state index contributed by atoms with van der Waals surface area (Å²) in [6.07, 6.45) is 8.46. The summed E-state index contributed by atoms with van der Waals surface area (Å²) >= 11 is 0. The second-order valence-corrected chi connectivity index (χ2v) is 7.75. The molecule has 0 amide bonds. The van der Waals surface area contributed by atoms with Gasteiger partial charge in [-0.15, -0.1) is 0 Å². The third-order valence-corrected chi connectivity index (χ3v) is 5.37. The van der Waals surface area contributed by atoms with Gasteiger partial charge in [-0.25, -0.2) is 0 Å². The summed E-state index contributed by atoms with van der Waals surface area (Å²) in [7, 11) is 0. The summed E-state index contributed by atoms with van der Waals surface area (Å²) in [5, 5.41) is 14.8. The Bertz CT molecular complexity index is 1020. The summed E-state index contributed by atoms with van der Waals surface area (Å²) in [6.45, 7) is 3.40. The van der Waals surface area contributed by atoms with Crippen LogP contribution in [0.3, 0.4) is 0 Å². The van der Waals surface area contributed by atoms with Gasteiger partial charge in [0.15, 0.2) is 0 Å². The SMILES string of the molecule is CC=C[C@H](CC(=O)O)c1ccc(OCc2ccc3c(cnn3CC3CC3)c2)cc1. The Morgan fingerprint density at radius 3 is 2.76 bits per heavy atom. The normalized spacial score (nSPS) is 15.1. The second-order valence-electron chi connectivity index (χ2n) is 7.75. The van der Waals surface area contributed by atoms with Gasteiger partial charge in [0.2, 0.25) is 0 Å². The van der Waals surface area contributed by atoms with Gasteiger partial charge in [-0.05, 0) is 61.1 Å². The van der Waals surface area contributed by atoms with Crippen molar-refractivity contribution in [3.8, 4) is 5.75 Å². The predicted molar refractivity (Wildman–Crippen MR) is 113 cm³/mol. The number of allylic oxidation sites excluding steroid dienone is 2. The largest absolute Gasteiger partial charge is 0.489 e. The predicted octanol–water partition coefficient (Wildman–Crippen LogP) is 5.16. The summed E-state index contributed by atoms with van der Waals surface area (Å²) in [6, 6.07) is 14.0. The molecule has 4 rings (SSSR count). The quantitative estimate of drug-likeness (QED) is 0.513. The molecule has 29 heavy (non-hydrogen) atoms. The van der Waals surface area contributed by atoms with Gasteiger partial charge in [-0.1, -0.05) is 30.4 Å². The van der Waals surface area contributed by atoms with Crippen LogP contribution in [0, 0.1) is 5.92 Å². The Hall–Kier alpha value is -3.08. The van der Waals surface area contributed by atoms with Crippen LogP contribution >= 0.6 is 0 Å². The molecule has 1 atom stereocenters. The number of hydrogen-bond acceptors (Lipinski definition) is 3. The minimum absolute atomic E-state index is 0.0823. The van der Waals surface area contributed by atoms with Crippen LogP contribution in [-0.2, 0) is 17.9 Å². The standard InChI is InChI=1S/C24H26N2O3/c1-2-3-20(13-24(27)28)19-7-9-22(10-8-19)29-16-18-6-11-23-21(12-18)14-25-26(23)15-17-4-5-17/h2-3,6-12,14,17,20H,4-5,13,15-16H2,1H3,(H,27,28)/t20-/m1/s1. The molecule has 0 unspecified atom stereocenters. The highest BCUT2D eigenvalue weighted by Crippen LogP contribution is 2.31. The zero-order chi connectivity index (χ0) is 20.2. The van der Waals surface area contributed by atoms with E-state index in [0.29, 0.717) is 6.61 Å². The molecule has 1 N–H and O–H groups in total. The van der Waals surface area contributed by atoms with Crippen LogP contribution in [0.1, 0.15) is 43.2 Å². The second kappa shape index (κ2) is 8.52. The van der Waals surface area contributed by atoms with Crippen molar-refractivity contribution in [3.05, 3.63) is 71.9 Å².